The summed E-state index contributed by atoms with van der Waals surface area (Å²) >= 11 is 0. The van der Waals surface area contributed by atoms with E-state index >= 15 is 0 Å². The van der Waals surface area contributed by atoms with Crippen LogP contribution in [0.1, 0.15) is 32.6 Å². The second kappa shape index (κ2) is 5.78. The summed E-state index contributed by atoms with van der Waals surface area (Å²) in [5.74, 6) is 0.946. The highest BCUT2D eigenvalue weighted by Crippen LogP contribution is 2.34. The quantitative estimate of drug-likeness (QED) is 0.500. The van der Waals surface area contributed by atoms with Crippen LogP contribution in [-0.4, -0.2) is 29.7 Å². The van der Waals surface area contributed by atoms with Crippen molar-refractivity contribution < 1.29 is 9.47 Å². The molecule has 0 N–H and O–H groups in total. The van der Waals surface area contributed by atoms with Gasteiger partial charge in [0.1, 0.15) is 15.4 Å². The van der Waals surface area contributed by atoms with Gasteiger partial charge in [-0.15, -0.1) is 0 Å². The van der Waals surface area contributed by atoms with E-state index in [9.17, 15) is 0 Å². The molecular weight excluding hydrogens is 180 g/mol. The van der Waals surface area contributed by atoms with E-state index in [1.807, 2.05) is 0 Å². The third kappa shape index (κ3) is 3.41. The molecule has 1 fully saturated rings. The fourth-order valence-electron chi connectivity index (χ4n) is 2.04. The van der Waals surface area contributed by atoms with Gasteiger partial charge in [0.15, 0.2) is 0 Å². The molecule has 13 heavy (non-hydrogen) atoms. The Bertz CT molecular complexity index is 131. The highest BCUT2D eigenvalue weighted by Gasteiger charge is 2.24. The molecule has 1 rings (SSSR count). The minimum atomic E-state index is 0.0237. The molecule has 76 valence electrons. The fourth-order valence-corrected chi connectivity index (χ4v) is 3.35. The summed E-state index contributed by atoms with van der Waals surface area (Å²) < 4.78 is 10.4. The molecule has 1 saturated carbocycles. The first kappa shape index (κ1) is 11.2. The maximum absolute atomic E-state index is 5.22. The molecule has 0 spiro atoms. The Hall–Kier alpha value is 0.137. The average molecular weight is 200 g/mol. The van der Waals surface area contributed by atoms with Crippen molar-refractivity contribution in [2.75, 3.05) is 14.2 Å². The van der Waals surface area contributed by atoms with Crippen molar-refractivity contribution in [1.82, 2.24) is 0 Å². The lowest BCUT2D eigenvalue weighted by Gasteiger charge is -2.21. The molecular formula is C10H20O2Si. The Kier molecular flexibility index (Phi) is 4.99. The molecule has 0 aromatic rings. The van der Waals surface area contributed by atoms with Crippen LogP contribution in [0.2, 0.25) is 5.54 Å². The van der Waals surface area contributed by atoms with Crippen LogP contribution in [0, 0.1) is 5.92 Å². The normalized spacial score (nSPS) is 21.2. The molecule has 0 aliphatic heterocycles. The van der Waals surface area contributed by atoms with E-state index in [2.05, 4.69) is 6.92 Å². The van der Waals surface area contributed by atoms with Gasteiger partial charge in [0, 0.05) is 14.2 Å². The lowest BCUT2D eigenvalue weighted by molar-refractivity contribution is -0.0451. The minimum absolute atomic E-state index is 0.0237. The van der Waals surface area contributed by atoms with E-state index in [1.165, 1.54) is 25.7 Å². The van der Waals surface area contributed by atoms with E-state index in [0.717, 1.165) is 21.0 Å². The molecule has 0 aromatic carbocycles. The summed E-state index contributed by atoms with van der Waals surface area (Å²) in [6.07, 6.45) is 5.66. The first-order chi connectivity index (χ1) is 6.27. The zero-order valence-corrected chi connectivity index (χ0v) is 9.88. The van der Waals surface area contributed by atoms with Crippen LogP contribution in [0.5, 0.6) is 0 Å². The Balaban J connectivity index is 2.25. The van der Waals surface area contributed by atoms with Crippen LogP contribution in [0.4, 0.5) is 0 Å². The van der Waals surface area contributed by atoms with Gasteiger partial charge in [-0.25, -0.2) is 0 Å². The first-order valence-electron chi connectivity index (χ1n) is 5.09. The molecule has 3 heteroatoms. The molecule has 1 atom stereocenters. The summed E-state index contributed by atoms with van der Waals surface area (Å²) in [7, 11) is 4.24. The Morgan fingerprint density at radius 1 is 1.15 bits per heavy atom. The second-order valence-electron chi connectivity index (χ2n) is 3.80. The number of hydrogen-bond donors (Lipinski definition) is 0. The van der Waals surface area contributed by atoms with Gasteiger partial charge in [-0.1, -0.05) is 32.6 Å². The van der Waals surface area contributed by atoms with Crippen LogP contribution in [0.15, 0.2) is 0 Å². The average Bonchev–Trinajstić information content (AvgIpc) is 2.66. The summed E-state index contributed by atoms with van der Waals surface area (Å²) in [4.78, 5) is 0. The third-order valence-electron chi connectivity index (χ3n) is 2.93. The smallest absolute Gasteiger partial charge is 0.136 e. The summed E-state index contributed by atoms with van der Waals surface area (Å²) in [6, 6.07) is 0. The number of ether oxygens (including phenoxy) is 2. The van der Waals surface area contributed by atoms with Crippen LogP contribution in [-0.2, 0) is 9.47 Å². The molecule has 0 bridgehead atoms. The number of methoxy groups -OCH3 is 2. The Morgan fingerprint density at radius 2 is 1.69 bits per heavy atom. The van der Waals surface area contributed by atoms with Gasteiger partial charge < -0.3 is 9.47 Å². The summed E-state index contributed by atoms with van der Waals surface area (Å²) in [6.45, 7) is 2.33. The standard InChI is InChI=1S/C10H20O2Si/c1-8(9-6-4-5-7-9)13-10(11-2)12-3/h8-10H,4-7H2,1-3H3. The summed E-state index contributed by atoms with van der Waals surface area (Å²) in [5, 5.41) is 0. The SMILES string of the molecule is COC(OC)[Si]C(C)C1CCCC1. The second-order valence-corrected chi connectivity index (χ2v) is 5.52. The van der Waals surface area contributed by atoms with E-state index < -0.39 is 0 Å². The molecule has 1 unspecified atom stereocenters. The van der Waals surface area contributed by atoms with Gasteiger partial charge in [-0.3, -0.25) is 0 Å². The molecule has 1 aliphatic rings. The van der Waals surface area contributed by atoms with Crippen molar-refractivity contribution in [3.63, 3.8) is 0 Å². The minimum Gasteiger partial charge on any atom is -0.360 e. The molecule has 1 aliphatic carbocycles. The van der Waals surface area contributed by atoms with Gasteiger partial charge in [0.2, 0.25) is 0 Å². The van der Waals surface area contributed by atoms with Gasteiger partial charge in [-0.2, -0.15) is 0 Å². The van der Waals surface area contributed by atoms with Gasteiger partial charge in [-0.05, 0) is 11.5 Å². The highest BCUT2D eigenvalue weighted by atomic mass is 28.2. The van der Waals surface area contributed by atoms with E-state index in [-0.39, 0.29) is 5.91 Å². The molecule has 0 saturated heterocycles. The van der Waals surface area contributed by atoms with Crippen molar-refractivity contribution in [2.45, 2.75) is 44.1 Å². The molecule has 2 radical (unpaired) electrons. The van der Waals surface area contributed by atoms with Gasteiger partial charge in [0.05, 0.1) is 0 Å². The lowest BCUT2D eigenvalue weighted by Crippen LogP contribution is -2.26. The lowest BCUT2D eigenvalue weighted by atomic mass is 10.1. The predicted octanol–water partition coefficient (Wildman–Crippen LogP) is 2.27. The predicted molar refractivity (Wildman–Crippen MR) is 54.9 cm³/mol. The molecule has 0 aromatic heterocycles. The van der Waals surface area contributed by atoms with Crippen LogP contribution in [0.3, 0.4) is 0 Å². The fraction of sp³-hybridized carbons (Fsp3) is 1.00. The van der Waals surface area contributed by atoms with Crippen molar-refractivity contribution in [3.05, 3.63) is 0 Å². The number of rotatable bonds is 5. The molecule has 2 nitrogen and oxygen atoms in total. The highest BCUT2D eigenvalue weighted by molar-refractivity contribution is 6.38. The van der Waals surface area contributed by atoms with E-state index in [0.29, 0.717) is 0 Å². The van der Waals surface area contributed by atoms with Crippen molar-refractivity contribution in [1.29, 1.82) is 0 Å². The first-order valence-corrected chi connectivity index (χ1v) is 6.25. The molecule has 0 amide bonds. The summed E-state index contributed by atoms with van der Waals surface area (Å²) in [5.41, 5.74) is 0.771. The molecule has 0 heterocycles. The monoisotopic (exact) mass is 200 g/mol. The van der Waals surface area contributed by atoms with E-state index in [1.54, 1.807) is 14.2 Å². The van der Waals surface area contributed by atoms with Crippen molar-refractivity contribution in [2.24, 2.45) is 5.92 Å². The largest absolute Gasteiger partial charge is 0.360 e. The Morgan fingerprint density at radius 3 is 2.15 bits per heavy atom. The van der Waals surface area contributed by atoms with Crippen LogP contribution < -0.4 is 0 Å². The van der Waals surface area contributed by atoms with Gasteiger partial charge in [0.25, 0.3) is 0 Å². The third-order valence-corrected chi connectivity index (χ3v) is 4.67. The maximum atomic E-state index is 5.22. The van der Waals surface area contributed by atoms with Crippen molar-refractivity contribution in [3.8, 4) is 0 Å². The zero-order valence-electron chi connectivity index (χ0n) is 8.88. The zero-order chi connectivity index (χ0) is 9.68. The van der Waals surface area contributed by atoms with Gasteiger partial charge >= 0.3 is 0 Å². The number of hydrogen-bond acceptors (Lipinski definition) is 2. The van der Waals surface area contributed by atoms with E-state index in [4.69, 9.17) is 9.47 Å². The van der Waals surface area contributed by atoms with Crippen molar-refractivity contribution >= 4 is 9.52 Å². The Labute approximate surface area is 83.8 Å². The maximum Gasteiger partial charge on any atom is 0.136 e. The van der Waals surface area contributed by atoms with Crippen LogP contribution in [0.25, 0.3) is 0 Å². The topological polar surface area (TPSA) is 18.5 Å². The van der Waals surface area contributed by atoms with Crippen LogP contribution >= 0.6 is 0 Å².